The highest BCUT2D eigenvalue weighted by Crippen LogP contribution is 2.25. The Kier molecular flexibility index (Phi) is 4.62. The molecule has 0 unspecified atom stereocenters. The molecule has 0 fully saturated rings. The summed E-state index contributed by atoms with van der Waals surface area (Å²) in [5, 5.41) is 1.61. The standard InChI is InChI=1S/C21H12BrClFNO/c22-14-6-9-20-16(10-14)19(25-15-7-8-18(24)17(23)11-15)12-21(26-20)13-4-2-1-3-5-13/h1-12H. The SMILES string of the molecule is Fc1ccc(N=c2cc(-c3ccccc3)oc3ccc(Br)cc23)cc1Cl. The average molecular weight is 429 g/mol. The number of fused-ring (bicyclic) bond motifs is 1. The minimum absolute atomic E-state index is 0.0423. The van der Waals surface area contributed by atoms with Crippen LogP contribution in [0.3, 0.4) is 0 Å². The minimum Gasteiger partial charge on any atom is -0.456 e. The predicted molar refractivity (Wildman–Crippen MR) is 106 cm³/mol. The summed E-state index contributed by atoms with van der Waals surface area (Å²) in [6, 6.07) is 21.8. The van der Waals surface area contributed by atoms with Crippen LogP contribution in [0, 0.1) is 5.82 Å². The van der Waals surface area contributed by atoms with Crippen molar-refractivity contribution in [3.63, 3.8) is 0 Å². The molecule has 0 amide bonds. The van der Waals surface area contributed by atoms with Crippen molar-refractivity contribution in [2.45, 2.75) is 0 Å². The maximum absolute atomic E-state index is 13.4. The first-order chi connectivity index (χ1) is 12.6. The molecule has 2 nitrogen and oxygen atoms in total. The van der Waals surface area contributed by atoms with Crippen molar-refractivity contribution < 1.29 is 8.81 Å². The molecule has 0 aliphatic carbocycles. The van der Waals surface area contributed by atoms with Crippen molar-refractivity contribution in [1.82, 2.24) is 0 Å². The second-order valence-corrected chi connectivity index (χ2v) is 7.04. The molecule has 26 heavy (non-hydrogen) atoms. The van der Waals surface area contributed by atoms with Gasteiger partial charge in [0.05, 0.1) is 16.1 Å². The lowest BCUT2D eigenvalue weighted by Gasteiger charge is -2.06. The minimum atomic E-state index is -0.466. The molecular formula is C21H12BrClFNO. The third kappa shape index (κ3) is 3.43. The number of hydrogen-bond donors (Lipinski definition) is 0. The van der Waals surface area contributed by atoms with Crippen LogP contribution in [0.25, 0.3) is 22.3 Å². The fourth-order valence-corrected chi connectivity index (χ4v) is 3.21. The zero-order valence-corrected chi connectivity index (χ0v) is 15.8. The molecule has 3 aromatic carbocycles. The van der Waals surface area contributed by atoms with Crippen molar-refractivity contribution >= 4 is 44.2 Å². The lowest BCUT2D eigenvalue weighted by molar-refractivity contribution is 0.618. The Morgan fingerprint density at radius 1 is 0.923 bits per heavy atom. The van der Waals surface area contributed by atoms with Gasteiger partial charge >= 0.3 is 0 Å². The number of rotatable bonds is 2. The quantitative estimate of drug-likeness (QED) is 0.341. The number of nitrogens with zero attached hydrogens (tertiary/aromatic N) is 1. The summed E-state index contributed by atoms with van der Waals surface area (Å²) in [6.45, 7) is 0. The van der Waals surface area contributed by atoms with Crippen molar-refractivity contribution in [3.8, 4) is 11.3 Å². The molecule has 4 aromatic rings. The number of hydrogen-bond acceptors (Lipinski definition) is 2. The molecule has 4 rings (SSSR count). The molecule has 0 saturated carbocycles. The van der Waals surface area contributed by atoms with Gasteiger partial charge in [-0.3, -0.25) is 0 Å². The maximum Gasteiger partial charge on any atom is 0.141 e. The largest absolute Gasteiger partial charge is 0.456 e. The number of benzene rings is 3. The topological polar surface area (TPSA) is 25.5 Å². The van der Waals surface area contributed by atoms with Crippen molar-refractivity contribution in [3.05, 3.63) is 93.5 Å². The van der Waals surface area contributed by atoms with E-state index in [1.54, 1.807) is 6.07 Å². The van der Waals surface area contributed by atoms with E-state index in [1.165, 1.54) is 12.1 Å². The Hall–Kier alpha value is -2.43. The second-order valence-electron chi connectivity index (χ2n) is 5.71. The first-order valence-corrected chi connectivity index (χ1v) is 9.06. The van der Waals surface area contributed by atoms with E-state index in [1.807, 2.05) is 54.6 Å². The highest BCUT2D eigenvalue weighted by Gasteiger charge is 2.07. The molecule has 0 bridgehead atoms. The first kappa shape index (κ1) is 17.0. The van der Waals surface area contributed by atoms with E-state index in [0.29, 0.717) is 22.4 Å². The summed E-state index contributed by atoms with van der Waals surface area (Å²) in [5.41, 5.74) is 2.23. The van der Waals surface area contributed by atoms with Gasteiger partial charge in [-0.2, -0.15) is 0 Å². The van der Waals surface area contributed by atoms with E-state index in [9.17, 15) is 4.39 Å². The molecule has 0 aliphatic rings. The molecular weight excluding hydrogens is 417 g/mol. The zero-order chi connectivity index (χ0) is 18.1. The van der Waals surface area contributed by atoms with E-state index in [4.69, 9.17) is 16.0 Å². The third-order valence-corrected chi connectivity index (χ3v) is 4.70. The van der Waals surface area contributed by atoms with Crippen molar-refractivity contribution in [2.75, 3.05) is 0 Å². The van der Waals surface area contributed by atoms with E-state index < -0.39 is 5.82 Å². The fraction of sp³-hybridized carbons (Fsp3) is 0. The molecule has 0 radical (unpaired) electrons. The fourth-order valence-electron chi connectivity index (χ4n) is 2.67. The van der Waals surface area contributed by atoms with Gasteiger partial charge < -0.3 is 4.42 Å². The van der Waals surface area contributed by atoms with Crippen LogP contribution in [0.15, 0.2) is 86.7 Å². The van der Waals surface area contributed by atoms with Gasteiger partial charge in [0.2, 0.25) is 0 Å². The molecule has 0 aliphatic heterocycles. The van der Waals surface area contributed by atoms with Crippen LogP contribution in [-0.2, 0) is 0 Å². The van der Waals surface area contributed by atoms with E-state index in [-0.39, 0.29) is 5.02 Å². The molecule has 1 heterocycles. The third-order valence-electron chi connectivity index (χ3n) is 3.92. The van der Waals surface area contributed by atoms with Crippen LogP contribution in [0.2, 0.25) is 5.02 Å². The van der Waals surface area contributed by atoms with E-state index in [0.717, 1.165) is 15.4 Å². The van der Waals surface area contributed by atoms with Crippen LogP contribution in [-0.4, -0.2) is 0 Å². The summed E-state index contributed by atoms with van der Waals surface area (Å²) in [6.07, 6.45) is 0. The summed E-state index contributed by atoms with van der Waals surface area (Å²) in [7, 11) is 0. The second kappa shape index (κ2) is 7.06. The first-order valence-electron chi connectivity index (χ1n) is 7.89. The van der Waals surface area contributed by atoms with Gasteiger partial charge in [0.25, 0.3) is 0 Å². The summed E-state index contributed by atoms with van der Waals surface area (Å²) >= 11 is 9.37. The smallest absolute Gasteiger partial charge is 0.141 e. The highest BCUT2D eigenvalue weighted by molar-refractivity contribution is 9.10. The highest BCUT2D eigenvalue weighted by atomic mass is 79.9. The Morgan fingerprint density at radius 2 is 1.73 bits per heavy atom. The molecule has 0 saturated heterocycles. The van der Waals surface area contributed by atoms with Gasteiger partial charge in [0, 0.05) is 21.5 Å². The van der Waals surface area contributed by atoms with Crippen molar-refractivity contribution in [2.24, 2.45) is 4.99 Å². The van der Waals surface area contributed by atoms with E-state index in [2.05, 4.69) is 20.9 Å². The average Bonchev–Trinajstić information content (AvgIpc) is 2.65. The molecule has 0 atom stereocenters. The van der Waals surface area contributed by atoms with Crippen LogP contribution in [0.5, 0.6) is 0 Å². The van der Waals surface area contributed by atoms with Crippen LogP contribution in [0.1, 0.15) is 0 Å². The Bertz CT molecular complexity index is 1170. The lowest BCUT2D eigenvalue weighted by atomic mass is 10.1. The molecule has 5 heteroatoms. The van der Waals surface area contributed by atoms with Crippen LogP contribution < -0.4 is 5.36 Å². The molecule has 0 spiro atoms. The maximum atomic E-state index is 13.4. The monoisotopic (exact) mass is 427 g/mol. The van der Waals surface area contributed by atoms with Gasteiger partial charge in [-0.05, 0) is 36.4 Å². The summed E-state index contributed by atoms with van der Waals surface area (Å²) in [5.74, 6) is 0.235. The Labute approximate surface area is 162 Å². The zero-order valence-electron chi connectivity index (χ0n) is 13.4. The van der Waals surface area contributed by atoms with Crippen LogP contribution >= 0.6 is 27.5 Å². The number of halogens is 3. The van der Waals surface area contributed by atoms with E-state index >= 15 is 0 Å². The molecule has 128 valence electrons. The lowest BCUT2D eigenvalue weighted by Crippen LogP contribution is -2.03. The van der Waals surface area contributed by atoms with Crippen LogP contribution in [0.4, 0.5) is 10.1 Å². The van der Waals surface area contributed by atoms with Gasteiger partial charge in [-0.15, -0.1) is 0 Å². The summed E-state index contributed by atoms with van der Waals surface area (Å²) < 4.78 is 20.4. The Morgan fingerprint density at radius 3 is 2.50 bits per heavy atom. The molecule has 1 aromatic heterocycles. The predicted octanol–water partition coefficient (Wildman–Crippen LogP) is 6.89. The molecule has 0 N–H and O–H groups in total. The van der Waals surface area contributed by atoms with Crippen molar-refractivity contribution in [1.29, 1.82) is 0 Å². The van der Waals surface area contributed by atoms with Gasteiger partial charge in [-0.25, -0.2) is 9.38 Å². The van der Waals surface area contributed by atoms with Gasteiger partial charge in [0.1, 0.15) is 17.2 Å². The summed E-state index contributed by atoms with van der Waals surface area (Å²) in [4.78, 5) is 4.67. The Balaban J connectivity index is 2.00. The normalized spacial score (nSPS) is 11.9. The van der Waals surface area contributed by atoms with Gasteiger partial charge in [-0.1, -0.05) is 57.9 Å². The van der Waals surface area contributed by atoms with Gasteiger partial charge in [0.15, 0.2) is 0 Å².